The fourth-order valence-electron chi connectivity index (χ4n) is 1.46. The fourth-order valence-corrected chi connectivity index (χ4v) is 2.38. The van der Waals surface area contributed by atoms with Gasteiger partial charge in [-0.3, -0.25) is 5.41 Å². The monoisotopic (exact) mass is 246 g/mol. The van der Waals surface area contributed by atoms with E-state index in [-0.39, 0.29) is 5.84 Å². The Kier molecular flexibility index (Phi) is 3.54. The van der Waals surface area contributed by atoms with E-state index < -0.39 is 0 Å². The Hall–Kier alpha value is -1.68. The van der Waals surface area contributed by atoms with Crippen molar-refractivity contribution in [2.75, 3.05) is 0 Å². The second kappa shape index (κ2) is 5.10. The van der Waals surface area contributed by atoms with Gasteiger partial charge in [0.2, 0.25) is 0 Å². The molecule has 0 radical (unpaired) electrons. The Morgan fingerprint density at radius 1 is 1.29 bits per heavy atom. The van der Waals surface area contributed by atoms with Crippen molar-refractivity contribution in [2.45, 2.75) is 17.6 Å². The van der Waals surface area contributed by atoms with E-state index in [1.165, 1.54) is 10.5 Å². The minimum atomic E-state index is 0.106. The van der Waals surface area contributed by atoms with Gasteiger partial charge in [-0.2, -0.15) is 0 Å². The molecule has 88 valence electrons. The number of aryl methyl sites for hydroxylation is 1. The van der Waals surface area contributed by atoms with Crippen molar-refractivity contribution in [3.05, 3.63) is 53.5 Å². The number of furan rings is 1. The Labute approximate surface area is 105 Å². The van der Waals surface area contributed by atoms with E-state index in [0.717, 1.165) is 17.1 Å². The Morgan fingerprint density at radius 2 is 2.00 bits per heavy atom. The van der Waals surface area contributed by atoms with Crippen molar-refractivity contribution >= 4 is 17.6 Å². The molecule has 2 aromatic rings. The van der Waals surface area contributed by atoms with E-state index in [9.17, 15) is 0 Å². The van der Waals surface area contributed by atoms with E-state index in [0.29, 0.717) is 0 Å². The van der Waals surface area contributed by atoms with E-state index in [1.54, 1.807) is 18.0 Å². The summed E-state index contributed by atoms with van der Waals surface area (Å²) in [5.74, 6) is 1.95. The van der Waals surface area contributed by atoms with Gasteiger partial charge in [-0.25, -0.2) is 0 Å². The van der Waals surface area contributed by atoms with Crippen LogP contribution in [-0.4, -0.2) is 5.84 Å². The van der Waals surface area contributed by atoms with Crippen LogP contribution in [0.1, 0.15) is 16.9 Å². The van der Waals surface area contributed by atoms with Gasteiger partial charge in [-0.15, -0.1) is 11.8 Å². The molecule has 0 saturated carbocycles. The maximum absolute atomic E-state index is 7.31. The van der Waals surface area contributed by atoms with Gasteiger partial charge in [-0.05, 0) is 18.6 Å². The largest absolute Gasteiger partial charge is 0.468 e. The molecule has 0 aliphatic rings. The zero-order chi connectivity index (χ0) is 12.3. The summed E-state index contributed by atoms with van der Waals surface area (Å²) < 4.78 is 5.24. The topological polar surface area (TPSA) is 63.0 Å². The number of thioether (sulfide) groups is 1. The van der Waals surface area contributed by atoms with Crippen LogP contribution in [0.2, 0.25) is 0 Å². The highest BCUT2D eigenvalue weighted by molar-refractivity contribution is 7.98. The van der Waals surface area contributed by atoms with Crippen LogP contribution in [0, 0.1) is 12.3 Å². The molecular weight excluding hydrogens is 232 g/mol. The molecule has 3 N–H and O–H groups in total. The lowest BCUT2D eigenvalue weighted by atomic mass is 10.1. The Bertz CT molecular complexity index is 516. The molecule has 4 heteroatoms. The predicted octanol–water partition coefficient (Wildman–Crippen LogP) is 3.16. The highest BCUT2D eigenvalue weighted by atomic mass is 32.2. The van der Waals surface area contributed by atoms with E-state index in [1.807, 2.05) is 37.3 Å². The predicted molar refractivity (Wildman–Crippen MR) is 70.5 cm³/mol. The summed E-state index contributed by atoms with van der Waals surface area (Å²) in [5, 5.41) is 7.31. The minimum Gasteiger partial charge on any atom is -0.468 e. The summed E-state index contributed by atoms with van der Waals surface area (Å²) in [7, 11) is 0. The number of benzene rings is 1. The van der Waals surface area contributed by atoms with Crippen LogP contribution < -0.4 is 5.73 Å². The van der Waals surface area contributed by atoms with Crippen molar-refractivity contribution in [1.29, 1.82) is 5.41 Å². The molecule has 17 heavy (non-hydrogen) atoms. The lowest BCUT2D eigenvalue weighted by Gasteiger charge is -2.02. The van der Waals surface area contributed by atoms with Gasteiger partial charge in [0.15, 0.2) is 0 Å². The summed E-state index contributed by atoms with van der Waals surface area (Å²) in [4.78, 5) is 1.17. The molecule has 3 nitrogen and oxygen atoms in total. The van der Waals surface area contributed by atoms with Crippen LogP contribution in [0.25, 0.3) is 0 Å². The molecule has 1 aromatic heterocycles. The van der Waals surface area contributed by atoms with Crippen molar-refractivity contribution in [3.63, 3.8) is 0 Å². The van der Waals surface area contributed by atoms with Crippen LogP contribution >= 0.6 is 11.8 Å². The van der Waals surface area contributed by atoms with Gasteiger partial charge in [0.1, 0.15) is 11.6 Å². The molecular formula is C13H14N2OS. The smallest absolute Gasteiger partial charge is 0.122 e. The highest BCUT2D eigenvalue weighted by Crippen LogP contribution is 2.26. The molecule has 0 aliphatic carbocycles. The normalized spacial score (nSPS) is 10.4. The van der Waals surface area contributed by atoms with Gasteiger partial charge in [0.25, 0.3) is 0 Å². The van der Waals surface area contributed by atoms with Crippen molar-refractivity contribution in [3.8, 4) is 0 Å². The molecule has 2 rings (SSSR count). The number of hydrogen-bond acceptors (Lipinski definition) is 3. The number of nitrogen functional groups attached to an aromatic ring is 1. The van der Waals surface area contributed by atoms with E-state index in [2.05, 4.69) is 0 Å². The van der Waals surface area contributed by atoms with Crippen LogP contribution in [0.3, 0.4) is 0 Å². The van der Waals surface area contributed by atoms with Crippen LogP contribution in [0.5, 0.6) is 0 Å². The average Bonchev–Trinajstić information content (AvgIpc) is 2.73. The zero-order valence-corrected chi connectivity index (χ0v) is 10.4. The maximum Gasteiger partial charge on any atom is 0.122 e. The second-order valence-corrected chi connectivity index (χ2v) is 4.76. The van der Waals surface area contributed by atoms with Crippen molar-refractivity contribution < 1.29 is 4.42 Å². The summed E-state index contributed by atoms with van der Waals surface area (Å²) in [6.07, 6.45) is 1.70. The van der Waals surface area contributed by atoms with Gasteiger partial charge >= 0.3 is 0 Å². The first-order valence-corrected chi connectivity index (χ1v) is 6.25. The first-order valence-electron chi connectivity index (χ1n) is 5.27. The standard InChI is InChI=1S/C13H14N2OS/c1-9-12(6-7-16-9)17-8-10-2-4-11(5-3-10)13(14)15/h2-7H,8H2,1H3,(H3,14,15). The van der Waals surface area contributed by atoms with Crippen molar-refractivity contribution in [1.82, 2.24) is 0 Å². The highest BCUT2D eigenvalue weighted by Gasteiger charge is 2.03. The molecule has 0 saturated heterocycles. The number of hydrogen-bond donors (Lipinski definition) is 2. The first kappa shape index (κ1) is 11.8. The lowest BCUT2D eigenvalue weighted by molar-refractivity contribution is 0.527. The first-order chi connectivity index (χ1) is 8.16. The molecule has 1 heterocycles. The number of nitrogens with one attached hydrogen (secondary N) is 1. The third-order valence-corrected chi connectivity index (χ3v) is 3.68. The molecule has 0 aliphatic heterocycles. The summed E-state index contributed by atoms with van der Waals surface area (Å²) in [5.41, 5.74) is 7.37. The van der Waals surface area contributed by atoms with Gasteiger partial charge in [0, 0.05) is 16.2 Å². The quantitative estimate of drug-likeness (QED) is 0.495. The van der Waals surface area contributed by atoms with Gasteiger partial charge < -0.3 is 10.2 Å². The van der Waals surface area contributed by atoms with E-state index in [4.69, 9.17) is 15.6 Å². The van der Waals surface area contributed by atoms with Gasteiger partial charge in [-0.1, -0.05) is 24.3 Å². The maximum atomic E-state index is 7.31. The van der Waals surface area contributed by atoms with Crippen LogP contribution in [0.4, 0.5) is 0 Å². The SMILES string of the molecule is Cc1occc1SCc1ccc(C(=N)N)cc1. The summed E-state index contributed by atoms with van der Waals surface area (Å²) >= 11 is 1.74. The summed E-state index contributed by atoms with van der Waals surface area (Å²) in [6, 6.07) is 9.73. The fraction of sp³-hybridized carbons (Fsp3) is 0.154. The number of amidine groups is 1. The molecule has 0 atom stereocenters. The molecule has 0 spiro atoms. The molecule has 1 aromatic carbocycles. The van der Waals surface area contributed by atoms with Crippen LogP contribution in [-0.2, 0) is 5.75 Å². The minimum absolute atomic E-state index is 0.106. The lowest BCUT2D eigenvalue weighted by Crippen LogP contribution is -2.10. The average molecular weight is 246 g/mol. The third-order valence-electron chi connectivity index (χ3n) is 2.47. The number of nitrogens with two attached hydrogens (primary N) is 1. The molecule has 0 amide bonds. The van der Waals surface area contributed by atoms with E-state index >= 15 is 0 Å². The molecule has 0 unspecified atom stereocenters. The molecule has 0 bridgehead atoms. The van der Waals surface area contributed by atoms with Crippen LogP contribution in [0.15, 0.2) is 45.9 Å². The summed E-state index contributed by atoms with van der Waals surface area (Å²) in [6.45, 7) is 1.96. The molecule has 0 fully saturated rings. The van der Waals surface area contributed by atoms with Gasteiger partial charge in [0.05, 0.1) is 6.26 Å². The van der Waals surface area contributed by atoms with Crippen molar-refractivity contribution in [2.24, 2.45) is 5.73 Å². The Balaban J connectivity index is 2.00. The zero-order valence-electron chi connectivity index (χ0n) is 9.57. The number of rotatable bonds is 4. The Morgan fingerprint density at radius 3 is 2.53 bits per heavy atom. The second-order valence-electron chi connectivity index (χ2n) is 3.74. The third kappa shape index (κ3) is 2.91.